The molecule has 4 amide bonds. The first-order valence-electron chi connectivity index (χ1n) is 19.6. The normalized spacial score (nSPS) is 20.4. The Hall–Kier alpha value is -5.22. The fourth-order valence-corrected chi connectivity index (χ4v) is 8.34. The molecule has 312 valence electrons. The monoisotopic (exact) mass is 849 g/mol. The third-order valence-electron chi connectivity index (χ3n) is 11.3. The lowest BCUT2D eigenvalue weighted by Gasteiger charge is -2.43. The summed E-state index contributed by atoms with van der Waals surface area (Å²) in [5, 5.41) is 14.4. The molecule has 59 heavy (non-hydrogen) atoms. The van der Waals surface area contributed by atoms with Crippen molar-refractivity contribution in [3.05, 3.63) is 87.4 Å². The molecule has 3 aromatic rings. The van der Waals surface area contributed by atoms with Gasteiger partial charge in [-0.1, -0.05) is 59.6 Å². The number of amides is 4. The molecule has 2 atom stereocenters. The second-order valence-electron chi connectivity index (χ2n) is 15.4. The van der Waals surface area contributed by atoms with Crippen molar-refractivity contribution in [2.75, 3.05) is 52.9 Å². The van der Waals surface area contributed by atoms with Crippen molar-refractivity contribution in [2.45, 2.75) is 62.6 Å². The van der Waals surface area contributed by atoms with E-state index in [0.717, 1.165) is 43.5 Å². The lowest BCUT2D eigenvalue weighted by atomic mass is 9.93. The first kappa shape index (κ1) is 41.9. The van der Waals surface area contributed by atoms with Crippen LogP contribution in [0.4, 0.5) is 4.79 Å². The van der Waals surface area contributed by atoms with Gasteiger partial charge in [0, 0.05) is 58.3 Å². The average Bonchev–Trinajstić information content (AvgIpc) is 3.21. The van der Waals surface area contributed by atoms with Crippen LogP contribution in [0.15, 0.2) is 60.7 Å². The third-order valence-corrected chi connectivity index (χ3v) is 12.0. The number of aliphatic hydroxyl groups is 1. The molecule has 17 heteroatoms. The Kier molecular flexibility index (Phi) is 12.8. The first-order valence-corrected chi connectivity index (χ1v) is 20.4. The number of piperidine rings is 1. The van der Waals surface area contributed by atoms with E-state index < -0.39 is 53.8 Å². The maximum atomic E-state index is 14.1. The van der Waals surface area contributed by atoms with E-state index in [-0.39, 0.29) is 48.3 Å². The summed E-state index contributed by atoms with van der Waals surface area (Å²) in [5.41, 5.74) is -0.774. The summed E-state index contributed by atoms with van der Waals surface area (Å²) in [6.45, 7) is 3.96. The molecular weight excluding hydrogens is 805 g/mol. The van der Waals surface area contributed by atoms with Crippen LogP contribution in [-0.4, -0.2) is 125 Å². The highest BCUT2D eigenvalue weighted by molar-refractivity contribution is 6.42. The highest BCUT2D eigenvalue weighted by Gasteiger charge is 2.48. The Bertz CT molecular complexity index is 2130. The van der Waals surface area contributed by atoms with Gasteiger partial charge < -0.3 is 44.2 Å². The summed E-state index contributed by atoms with van der Waals surface area (Å²) in [6.07, 6.45) is 1.24. The quantitative estimate of drug-likeness (QED) is 0.195. The number of esters is 3. The van der Waals surface area contributed by atoms with Crippen LogP contribution in [0.1, 0.15) is 65.9 Å². The molecule has 0 aromatic heterocycles. The van der Waals surface area contributed by atoms with Gasteiger partial charge in [0.15, 0.2) is 17.1 Å². The molecule has 0 aliphatic carbocycles. The molecule has 2 N–H and O–H groups in total. The summed E-state index contributed by atoms with van der Waals surface area (Å²) in [4.78, 5) is 86.0. The van der Waals surface area contributed by atoms with Crippen LogP contribution in [0, 0.1) is 0 Å². The molecule has 2 bridgehead atoms. The van der Waals surface area contributed by atoms with Gasteiger partial charge in [0.2, 0.25) is 11.7 Å². The van der Waals surface area contributed by atoms with Crippen LogP contribution in [0.25, 0.3) is 0 Å². The highest BCUT2D eigenvalue weighted by atomic mass is 35.5. The minimum absolute atomic E-state index is 0.0141. The van der Waals surface area contributed by atoms with Crippen molar-refractivity contribution in [3.63, 3.8) is 0 Å². The molecule has 4 aliphatic rings. The minimum Gasteiger partial charge on any atom is -0.422 e. The molecule has 3 aromatic carbocycles. The summed E-state index contributed by atoms with van der Waals surface area (Å²) in [6, 6.07) is 17.5. The molecule has 7 rings (SSSR count). The molecule has 2 unspecified atom stereocenters. The van der Waals surface area contributed by atoms with Gasteiger partial charge in [0.05, 0.1) is 28.5 Å². The van der Waals surface area contributed by atoms with Crippen LogP contribution in [0.5, 0.6) is 17.2 Å². The second-order valence-corrected chi connectivity index (χ2v) is 16.2. The van der Waals surface area contributed by atoms with E-state index in [0.29, 0.717) is 42.6 Å². The molecule has 15 nitrogen and oxygen atoms in total. The Labute approximate surface area is 351 Å². The lowest BCUT2D eigenvalue weighted by Crippen LogP contribution is -2.57. The number of ether oxygens (including phenoxy) is 3. The van der Waals surface area contributed by atoms with Gasteiger partial charge in [-0.3, -0.25) is 19.2 Å². The number of hydrogen-bond donors (Lipinski definition) is 2. The van der Waals surface area contributed by atoms with Crippen LogP contribution in [-0.2, 0) is 25.7 Å². The predicted octanol–water partition coefficient (Wildman–Crippen LogP) is 4.40. The number of urea groups is 1. The number of nitrogens with zero attached hydrogens (tertiary/aromatic N) is 4. The van der Waals surface area contributed by atoms with Crippen molar-refractivity contribution in [3.8, 4) is 17.2 Å². The van der Waals surface area contributed by atoms with Crippen molar-refractivity contribution in [1.29, 1.82) is 0 Å². The van der Waals surface area contributed by atoms with Crippen LogP contribution in [0.2, 0.25) is 10.0 Å². The first-order chi connectivity index (χ1) is 28.3. The van der Waals surface area contributed by atoms with E-state index in [1.54, 1.807) is 24.1 Å². The van der Waals surface area contributed by atoms with E-state index in [1.165, 1.54) is 17.0 Å². The number of carbonyl (C=O) groups excluding carboxylic acids is 6. The molecule has 0 radical (unpaired) electrons. The zero-order valence-electron chi connectivity index (χ0n) is 32.5. The average molecular weight is 851 g/mol. The highest BCUT2D eigenvalue weighted by Crippen LogP contribution is 2.45. The van der Waals surface area contributed by atoms with Crippen LogP contribution >= 0.6 is 23.2 Å². The van der Waals surface area contributed by atoms with E-state index in [1.807, 2.05) is 41.3 Å². The van der Waals surface area contributed by atoms with Crippen LogP contribution in [0.3, 0.4) is 0 Å². The van der Waals surface area contributed by atoms with Crippen LogP contribution < -0.4 is 19.5 Å². The fraction of sp³-hybridized carbons (Fsp3) is 0.429. The van der Waals surface area contributed by atoms with Gasteiger partial charge in [0.25, 0.3) is 5.91 Å². The van der Waals surface area contributed by atoms with E-state index >= 15 is 0 Å². The van der Waals surface area contributed by atoms with E-state index in [4.69, 9.17) is 37.4 Å². The van der Waals surface area contributed by atoms with Crippen molar-refractivity contribution in [2.24, 2.45) is 0 Å². The van der Waals surface area contributed by atoms with Gasteiger partial charge in [-0.05, 0) is 67.6 Å². The Morgan fingerprint density at radius 2 is 1.63 bits per heavy atom. The topological polar surface area (TPSA) is 175 Å². The Balaban J connectivity index is 0.990. The number of likely N-dealkylation sites (N-methyl/N-ethyl adjacent to an activating group) is 1. The van der Waals surface area contributed by atoms with E-state index in [2.05, 4.69) is 10.2 Å². The zero-order valence-corrected chi connectivity index (χ0v) is 34.0. The maximum Gasteiger partial charge on any atom is 0.345 e. The number of nitrogens with one attached hydrogen (secondary N) is 1. The molecule has 0 spiro atoms. The Morgan fingerprint density at radius 3 is 2.36 bits per heavy atom. The summed E-state index contributed by atoms with van der Waals surface area (Å²) in [5.74, 6) is -5.32. The number of halogens is 2. The van der Waals surface area contributed by atoms with Gasteiger partial charge >= 0.3 is 23.9 Å². The van der Waals surface area contributed by atoms with Gasteiger partial charge in [-0.15, -0.1) is 0 Å². The van der Waals surface area contributed by atoms with Gasteiger partial charge in [-0.2, -0.15) is 0 Å². The molecular formula is C42H45Cl2N5O10. The lowest BCUT2D eigenvalue weighted by molar-refractivity contribution is -0.170. The summed E-state index contributed by atoms with van der Waals surface area (Å²) >= 11 is 12.7. The predicted molar refractivity (Wildman–Crippen MR) is 214 cm³/mol. The van der Waals surface area contributed by atoms with Crippen molar-refractivity contribution < 1.29 is 48.1 Å². The minimum atomic E-state index is -2.49. The smallest absolute Gasteiger partial charge is 0.345 e. The third kappa shape index (κ3) is 9.65. The van der Waals surface area contributed by atoms with Gasteiger partial charge in [0.1, 0.15) is 6.54 Å². The SMILES string of the molecule is CN(CC(CCN1CCC(N2CCCN(CC(=O)NCc3ccccc3)C2=O)CC1)c1ccc(Cl)c(Cl)c1)C(=O)c1ccc2c3c1OC(=O)CC(O)(CC(=O)O2)C(=O)O3. The molecule has 4 heterocycles. The van der Waals surface area contributed by atoms with Crippen molar-refractivity contribution in [1.82, 2.24) is 24.9 Å². The van der Waals surface area contributed by atoms with Gasteiger partial charge in [-0.25, -0.2) is 9.59 Å². The number of rotatable bonds is 12. The standard InChI is InChI=1S/C42H45Cl2N5O10/c1-46(39(53)30-9-11-33-38-37(30)58-36(52)22-42(56,40(54)59-38)21-35(51)57-33)24-28(27-8-10-31(43)32(44)20-27)12-17-47-18-13-29(14-19-47)49-16-5-15-48(41(49)55)25-34(50)45-23-26-6-3-2-4-7-26/h2-4,6-11,20,28-29,56H,5,12-19,21-25H2,1H3,(H,45,50). The second kappa shape index (κ2) is 18.0. The molecule has 0 saturated carbocycles. The molecule has 2 saturated heterocycles. The van der Waals surface area contributed by atoms with Crippen molar-refractivity contribution >= 4 is 59.0 Å². The fourth-order valence-electron chi connectivity index (χ4n) is 8.03. The summed E-state index contributed by atoms with van der Waals surface area (Å²) in [7, 11) is 1.59. The number of hydrogen-bond acceptors (Lipinski definition) is 11. The number of fused-ring (bicyclic) bond motifs is 2. The number of carbonyl (C=O) groups is 6. The molecule has 2 fully saturated rings. The molecule has 4 aliphatic heterocycles. The largest absolute Gasteiger partial charge is 0.422 e. The number of likely N-dealkylation sites (tertiary alicyclic amines) is 1. The zero-order chi connectivity index (χ0) is 41.8. The number of benzene rings is 3. The maximum absolute atomic E-state index is 14.1. The summed E-state index contributed by atoms with van der Waals surface area (Å²) < 4.78 is 16.2. The van der Waals surface area contributed by atoms with E-state index in [9.17, 15) is 33.9 Å². The Morgan fingerprint density at radius 1 is 0.898 bits per heavy atom.